The zero-order valence-corrected chi connectivity index (χ0v) is 13.0. The summed E-state index contributed by atoms with van der Waals surface area (Å²) in [6.07, 6.45) is 4.81. The number of nitrogens with zero attached hydrogens (tertiary/aromatic N) is 3. The molecule has 108 valence electrons. The lowest BCUT2D eigenvalue weighted by Crippen LogP contribution is -2.33. The van der Waals surface area contributed by atoms with E-state index in [2.05, 4.69) is 54.8 Å². The van der Waals surface area contributed by atoms with E-state index in [0.717, 1.165) is 37.6 Å². The average Bonchev–Trinajstić information content (AvgIpc) is 2.36. The summed E-state index contributed by atoms with van der Waals surface area (Å²) in [6.45, 7) is 14.0. The minimum atomic E-state index is 0.530. The first-order valence-corrected chi connectivity index (χ1v) is 7.31. The summed E-state index contributed by atoms with van der Waals surface area (Å²) >= 11 is 0. The minimum Gasteiger partial charge on any atom is -0.369 e. The Balaban J connectivity index is 2.59. The highest BCUT2D eigenvalue weighted by atomic mass is 15.2. The highest BCUT2D eigenvalue weighted by molar-refractivity contribution is 5.30. The van der Waals surface area contributed by atoms with Crippen LogP contribution in [-0.2, 0) is 6.54 Å². The van der Waals surface area contributed by atoms with E-state index >= 15 is 0 Å². The SMILES string of the molecule is CCCNc1cnc(CN(CC(C)C)C(C)C)cn1. The Kier molecular flexibility index (Phi) is 6.78. The Hall–Kier alpha value is -1.16. The lowest BCUT2D eigenvalue weighted by atomic mass is 10.1. The predicted molar refractivity (Wildman–Crippen MR) is 81.2 cm³/mol. The van der Waals surface area contributed by atoms with Crippen LogP contribution in [0, 0.1) is 5.92 Å². The van der Waals surface area contributed by atoms with Gasteiger partial charge < -0.3 is 5.32 Å². The van der Waals surface area contributed by atoms with Gasteiger partial charge in [0.25, 0.3) is 0 Å². The van der Waals surface area contributed by atoms with E-state index in [-0.39, 0.29) is 0 Å². The number of nitrogens with one attached hydrogen (secondary N) is 1. The van der Waals surface area contributed by atoms with Crippen molar-refractivity contribution in [1.29, 1.82) is 0 Å². The highest BCUT2D eigenvalue weighted by Gasteiger charge is 2.12. The fraction of sp³-hybridized carbons (Fsp3) is 0.733. The average molecular weight is 264 g/mol. The van der Waals surface area contributed by atoms with Crippen LogP contribution in [-0.4, -0.2) is 34.0 Å². The van der Waals surface area contributed by atoms with E-state index in [0.29, 0.717) is 12.0 Å². The van der Waals surface area contributed by atoms with Crippen LogP contribution in [0.3, 0.4) is 0 Å². The van der Waals surface area contributed by atoms with Gasteiger partial charge in [-0.05, 0) is 26.2 Å². The van der Waals surface area contributed by atoms with E-state index in [1.54, 1.807) is 0 Å². The predicted octanol–water partition coefficient (Wildman–Crippen LogP) is 3.16. The lowest BCUT2D eigenvalue weighted by molar-refractivity contribution is 0.187. The van der Waals surface area contributed by atoms with Gasteiger partial charge in [-0.2, -0.15) is 0 Å². The Morgan fingerprint density at radius 3 is 2.37 bits per heavy atom. The van der Waals surface area contributed by atoms with E-state index in [1.165, 1.54) is 0 Å². The molecule has 0 spiro atoms. The molecule has 0 radical (unpaired) electrons. The molecule has 0 atom stereocenters. The van der Waals surface area contributed by atoms with Crippen molar-refractivity contribution in [1.82, 2.24) is 14.9 Å². The van der Waals surface area contributed by atoms with Crippen LogP contribution in [0.25, 0.3) is 0 Å². The summed E-state index contributed by atoms with van der Waals surface area (Å²) in [6, 6.07) is 0.530. The van der Waals surface area contributed by atoms with Gasteiger partial charge in [-0.25, -0.2) is 4.98 Å². The van der Waals surface area contributed by atoms with Crippen molar-refractivity contribution in [3.05, 3.63) is 18.1 Å². The molecular formula is C15H28N4. The van der Waals surface area contributed by atoms with Gasteiger partial charge in [0.1, 0.15) is 5.82 Å². The number of rotatable bonds is 8. The Morgan fingerprint density at radius 2 is 1.89 bits per heavy atom. The van der Waals surface area contributed by atoms with Gasteiger partial charge in [-0.15, -0.1) is 0 Å². The maximum Gasteiger partial charge on any atom is 0.144 e. The molecule has 0 aliphatic rings. The van der Waals surface area contributed by atoms with Gasteiger partial charge in [0.2, 0.25) is 0 Å². The molecule has 4 nitrogen and oxygen atoms in total. The van der Waals surface area contributed by atoms with Gasteiger partial charge >= 0.3 is 0 Å². The van der Waals surface area contributed by atoms with Gasteiger partial charge in [0.05, 0.1) is 18.1 Å². The Morgan fingerprint density at radius 1 is 1.16 bits per heavy atom. The summed E-state index contributed by atoms with van der Waals surface area (Å²) < 4.78 is 0. The van der Waals surface area contributed by atoms with Crippen molar-refractivity contribution in [2.75, 3.05) is 18.4 Å². The van der Waals surface area contributed by atoms with Gasteiger partial charge in [0, 0.05) is 25.7 Å². The van der Waals surface area contributed by atoms with Crippen molar-refractivity contribution in [2.45, 2.75) is 53.6 Å². The third-order valence-corrected chi connectivity index (χ3v) is 2.96. The molecule has 1 aromatic heterocycles. The van der Waals surface area contributed by atoms with Crippen molar-refractivity contribution >= 4 is 5.82 Å². The van der Waals surface area contributed by atoms with Crippen molar-refractivity contribution in [3.8, 4) is 0 Å². The normalized spacial score (nSPS) is 11.6. The fourth-order valence-electron chi connectivity index (χ4n) is 1.92. The van der Waals surface area contributed by atoms with Gasteiger partial charge in [-0.1, -0.05) is 20.8 Å². The first kappa shape index (κ1) is 15.9. The molecule has 0 bridgehead atoms. The first-order valence-electron chi connectivity index (χ1n) is 7.31. The number of hydrogen-bond donors (Lipinski definition) is 1. The van der Waals surface area contributed by atoms with Crippen LogP contribution in [0.5, 0.6) is 0 Å². The summed E-state index contributed by atoms with van der Waals surface area (Å²) in [5.41, 5.74) is 1.04. The fourth-order valence-corrected chi connectivity index (χ4v) is 1.92. The summed E-state index contributed by atoms with van der Waals surface area (Å²) in [4.78, 5) is 11.3. The maximum atomic E-state index is 4.49. The maximum absolute atomic E-state index is 4.49. The molecule has 0 fully saturated rings. The zero-order valence-electron chi connectivity index (χ0n) is 13.0. The smallest absolute Gasteiger partial charge is 0.144 e. The monoisotopic (exact) mass is 264 g/mol. The second kappa shape index (κ2) is 8.10. The Bertz CT molecular complexity index is 346. The number of anilines is 1. The molecular weight excluding hydrogens is 236 g/mol. The number of aromatic nitrogens is 2. The topological polar surface area (TPSA) is 41.1 Å². The largest absolute Gasteiger partial charge is 0.369 e. The van der Waals surface area contributed by atoms with E-state index in [9.17, 15) is 0 Å². The van der Waals surface area contributed by atoms with Crippen LogP contribution in [0.15, 0.2) is 12.4 Å². The standard InChI is InChI=1S/C15H28N4/c1-6-7-16-15-9-17-14(8-18-15)11-19(13(4)5)10-12(2)3/h8-9,12-13H,6-7,10-11H2,1-5H3,(H,16,18). The van der Waals surface area contributed by atoms with E-state index in [1.807, 2.05) is 12.4 Å². The first-order chi connectivity index (χ1) is 9.02. The molecule has 19 heavy (non-hydrogen) atoms. The van der Waals surface area contributed by atoms with Crippen LogP contribution >= 0.6 is 0 Å². The van der Waals surface area contributed by atoms with Crippen LogP contribution < -0.4 is 5.32 Å². The Labute approximate surface area is 117 Å². The second-order valence-electron chi connectivity index (χ2n) is 5.74. The third-order valence-electron chi connectivity index (χ3n) is 2.96. The van der Waals surface area contributed by atoms with E-state index < -0.39 is 0 Å². The molecule has 1 rings (SSSR count). The van der Waals surface area contributed by atoms with Gasteiger partial charge in [-0.3, -0.25) is 9.88 Å². The van der Waals surface area contributed by atoms with Crippen molar-refractivity contribution in [3.63, 3.8) is 0 Å². The van der Waals surface area contributed by atoms with Gasteiger partial charge in [0.15, 0.2) is 0 Å². The molecule has 1 N–H and O–H groups in total. The molecule has 0 aliphatic carbocycles. The van der Waals surface area contributed by atoms with Crippen LogP contribution in [0.1, 0.15) is 46.7 Å². The molecule has 0 aromatic carbocycles. The summed E-state index contributed by atoms with van der Waals surface area (Å²) in [7, 11) is 0. The molecule has 0 aliphatic heterocycles. The molecule has 0 unspecified atom stereocenters. The lowest BCUT2D eigenvalue weighted by Gasteiger charge is -2.27. The molecule has 4 heteroatoms. The van der Waals surface area contributed by atoms with Crippen molar-refractivity contribution in [2.24, 2.45) is 5.92 Å². The van der Waals surface area contributed by atoms with Crippen LogP contribution in [0.4, 0.5) is 5.82 Å². The minimum absolute atomic E-state index is 0.530. The summed E-state index contributed by atoms with van der Waals surface area (Å²) in [5, 5.41) is 3.24. The molecule has 1 aromatic rings. The number of hydrogen-bond acceptors (Lipinski definition) is 4. The molecule has 0 saturated heterocycles. The molecule has 0 amide bonds. The third kappa shape index (κ3) is 6.01. The zero-order chi connectivity index (χ0) is 14.3. The quantitative estimate of drug-likeness (QED) is 0.783. The second-order valence-corrected chi connectivity index (χ2v) is 5.74. The molecule has 1 heterocycles. The molecule has 0 saturated carbocycles. The summed E-state index contributed by atoms with van der Waals surface area (Å²) in [5.74, 6) is 1.53. The highest BCUT2D eigenvalue weighted by Crippen LogP contribution is 2.10. The van der Waals surface area contributed by atoms with Crippen molar-refractivity contribution < 1.29 is 0 Å². The van der Waals surface area contributed by atoms with Crippen LogP contribution in [0.2, 0.25) is 0 Å². The van der Waals surface area contributed by atoms with E-state index in [4.69, 9.17) is 0 Å².